The number of carbonyl (C=O) groups is 1. The molecule has 26 heavy (non-hydrogen) atoms. The third-order valence-corrected chi connectivity index (χ3v) is 3.93. The maximum atomic E-state index is 12.3. The van der Waals surface area contributed by atoms with Crippen LogP contribution >= 0.6 is 0 Å². The molecule has 3 rings (SSSR count). The van der Waals surface area contributed by atoms with Gasteiger partial charge < -0.3 is 15.7 Å². The second-order valence-electron chi connectivity index (χ2n) is 5.70. The van der Waals surface area contributed by atoms with Crippen LogP contribution in [0.25, 0.3) is 10.8 Å². The molecule has 0 aliphatic heterocycles. The van der Waals surface area contributed by atoms with E-state index in [1.54, 1.807) is 24.3 Å². The SMILES string of the molecule is O=C(NCCNc1ccc([N+](=O)[O-])cc1)c1cc2ccccc2cc1O. The number of nitrogens with zero attached hydrogens (tertiary/aromatic N) is 1. The lowest BCUT2D eigenvalue weighted by Gasteiger charge is -2.10. The van der Waals surface area contributed by atoms with E-state index in [1.807, 2.05) is 24.3 Å². The minimum atomic E-state index is -0.458. The van der Waals surface area contributed by atoms with E-state index in [4.69, 9.17) is 0 Å². The first kappa shape index (κ1) is 17.2. The van der Waals surface area contributed by atoms with Gasteiger partial charge in [0.05, 0.1) is 10.5 Å². The molecule has 132 valence electrons. The molecule has 3 aromatic rings. The van der Waals surface area contributed by atoms with Crippen LogP contribution in [-0.2, 0) is 0 Å². The number of anilines is 1. The van der Waals surface area contributed by atoms with Crippen LogP contribution in [0.15, 0.2) is 60.7 Å². The molecule has 7 nitrogen and oxygen atoms in total. The topological polar surface area (TPSA) is 104 Å². The number of aromatic hydroxyl groups is 1. The van der Waals surface area contributed by atoms with Gasteiger partial charge in [0.15, 0.2) is 0 Å². The van der Waals surface area contributed by atoms with E-state index < -0.39 is 4.92 Å². The maximum absolute atomic E-state index is 12.3. The molecule has 0 fully saturated rings. The number of hydrogen-bond acceptors (Lipinski definition) is 5. The van der Waals surface area contributed by atoms with Crippen LogP contribution in [-0.4, -0.2) is 29.0 Å². The van der Waals surface area contributed by atoms with Gasteiger partial charge in [0.2, 0.25) is 0 Å². The first-order valence-corrected chi connectivity index (χ1v) is 8.03. The lowest BCUT2D eigenvalue weighted by Crippen LogP contribution is -2.28. The quantitative estimate of drug-likeness (QED) is 0.359. The largest absolute Gasteiger partial charge is 0.507 e. The molecule has 0 unspecified atom stereocenters. The summed E-state index contributed by atoms with van der Waals surface area (Å²) in [6.45, 7) is 0.778. The van der Waals surface area contributed by atoms with Crippen LogP contribution in [0.1, 0.15) is 10.4 Å². The predicted octanol–water partition coefficient (Wildman–Crippen LogP) is 3.30. The monoisotopic (exact) mass is 351 g/mol. The van der Waals surface area contributed by atoms with Crippen LogP contribution in [0.4, 0.5) is 11.4 Å². The molecule has 0 atom stereocenters. The summed E-state index contributed by atoms with van der Waals surface area (Å²) in [6, 6.07) is 16.7. The van der Waals surface area contributed by atoms with Crippen LogP contribution in [0.2, 0.25) is 0 Å². The van der Waals surface area contributed by atoms with Crippen molar-refractivity contribution < 1.29 is 14.8 Å². The van der Waals surface area contributed by atoms with Crippen LogP contribution in [0.5, 0.6) is 5.75 Å². The molecule has 0 aromatic heterocycles. The number of non-ortho nitro benzene ring substituents is 1. The van der Waals surface area contributed by atoms with Crippen LogP contribution < -0.4 is 10.6 Å². The number of fused-ring (bicyclic) bond motifs is 1. The van der Waals surface area contributed by atoms with Crippen molar-refractivity contribution >= 4 is 28.1 Å². The smallest absolute Gasteiger partial charge is 0.269 e. The third kappa shape index (κ3) is 3.89. The molecule has 0 saturated carbocycles. The van der Waals surface area contributed by atoms with Crippen molar-refractivity contribution in [3.05, 3.63) is 76.3 Å². The molecule has 0 heterocycles. The van der Waals surface area contributed by atoms with Gasteiger partial charge >= 0.3 is 0 Å². The molecule has 7 heteroatoms. The summed E-state index contributed by atoms with van der Waals surface area (Å²) in [4.78, 5) is 22.4. The number of nitrogens with one attached hydrogen (secondary N) is 2. The number of phenols is 1. The van der Waals surface area contributed by atoms with Crippen molar-refractivity contribution in [2.45, 2.75) is 0 Å². The molecular weight excluding hydrogens is 334 g/mol. The highest BCUT2D eigenvalue weighted by atomic mass is 16.6. The van der Waals surface area contributed by atoms with Gasteiger partial charge in [0.25, 0.3) is 11.6 Å². The number of amides is 1. The molecule has 0 spiro atoms. The van der Waals surface area contributed by atoms with Crippen molar-refractivity contribution in [1.29, 1.82) is 0 Å². The highest BCUT2D eigenvalue weighted by Gasteiger charge is 2.12. The Bertz CT molecular complexity index is 955. The molecular formula is C19H17N3O4. The van der Waals surface area contributed by atoms with E-state index in [1.165, 1.54) is 12.1 Å². The number of nitro groups is 1. The fourth-order valence-corrected chi connectivity index (χ4v) is 2.59. The first-order chi connectivity index (χ1) is 12.5. The zero-order valence-corrected chi connectivity index (χ0v) is 13.8. The Balaban J connectivity index is 1.55. The predicted molar refractivity (Wildman–Crippen MR) is 99.5 cm³/mol. The highest BCUT2D eigenvalue weighted by molar-refractivity contribution is 6.01. The van der Waals surface area contributed by atoms with Gasteiger partial charge in [-0.1, -0.05) is 24.3 Å². The molecule has 0 aliphatic carbocycles. The molecule has 1 amide bonds. The van der Waals surface area contributed by atoms with Crippen LogP contribution in [0.3, 0.4) is 0 Å². The minimum Gasteiger partial charge on any atom is -0.507 e. The van der Waals surface area contributed by atoms with E-state index in [0.717, 1.165) is 16.5 Å². The van der Waals surface area contributed by atoms with Gasteiger partial charge in [-0.25, -0.2) is 0 Å². The number of carbonyl (C=O) groups excluding carboxylic acids is 1. The average molecular weight is 351 g/mol. The Hall–Kier alpha value is -3.61. The number of benzene rings is 3. The second-order valence-corrected chi connectivity index (χ2v) is 5.70. The third-order valence-electron chi connectivity index (χ3n) is 3.93. The van der Waals surface area contributed by atoms with Crippen molar-refractivity contribution in [1.82, 2.24) is 5.32 Å². The molecule has 0 saturated heterocycles. The minimum absolute atomic E-state index is 0.0237. The number of hydrogen-bond donors (Lipinski definition) is 3. The Labute approximate surface area is 149 Å². The number of nitro benzene ring substituents is 1. The fraction of sp³-hybridized carbons (Fsp3) is 0.105. The van der Waals surface area contributed by atoms with E-state index in [2.05, 4.69) is 10.6 Å². The summed E-state index contributed by atoms with van der Waals surface area (Å²) >= 11 is 0. The van der Waals surface area contributed by atoms with E-state index in [-0.39, 0.29) is 22.9 Å². The number of rotatable bonds is 6. The summed E-state index contributed by atoms with van der Waals surface area (Å²) in [5.74, 6) is -0.428. The van der Waals surface area contributed by atoms with Gasteiger partial charge in [-0.15, -0.1) is 0 Å². The molecule has 0 aliphatic rings. The Kier molecular flexibility index (Phi) is 4.98. The Morgan fingerprint density at radius 3 is 2.31 bits per heavy atom. The van der Waals surface area contributed by atoms with E-state index in [9.17, 15) is 20.0 Å². The van der Waals surface area contributed by atoms with Gasteiger partial charge in [0, 0.05) is 30.9 Å². The normalized spacial score (nSPS) is 10.5. The molecule has 0 bridgehead atoms. The van der Waals surface area contributed by atoms with Crippen molar-refractivity contribution in [3.8, 4) is 5.75 Å². The fourth-order valence-electron chi connectivity index (χ4n) is 2.59. The van der Waals surface area contributed by atoms with Crippen molar-refractivity contribution in [3.63, 3.8) is 0 Å². The lowest BCUT2D eigenvalue weighted by atomic mass is 10.1. The van der Waals surface area contributed by atoms with Crippen molar-refractivity contribution in [2.24, 2.45) is 0 Å². The molecule has 3 N–H and O–H groups in total. The maximum Gasteiger partial charge on any atom is 0.269 e. The standard InChI is InChI=1S/C19H17N3O4/c23-18-12-14-4-2-1-3-13(14)11-17(18)19(24)21-10-9-20-15-5-7-16(8-6-15)22(25)26/h1-8,11-12,20,23H,9-10H2,(H,21,24). The first-order valence-electron chi connectivity index (χ1n) is 8.03. The lowest BCUT2D eigenvalue weighted by molar-refractivity contribution is -0.384. The summed E-state index contributed by atoms with van der Waals surface area (Å²) in [5.41, 5.74) is 0.966. The zero-order valence-electron chi connectivity index (χ0n) is 13.8. The molecule has 3 aromatic carbocycles. The van der Waals surface area contributed by atoms with E-state index >= 15 is 0 Å². The second kappa shape index (κ2) is 7.52. The van der Waals surface area contributed by atoms with Crippen molar-refractivity contribution in [2.75, 3.05) is 18.4 Å². The summed E-state index contributed by atoms with van der Waals surface area (Å²) in [7, 11) is 0. The zero-order chi connectivity index (χ0) is 18.5. The average Bonchev–Trinajstić information content (AvgIpc) is 2.64. The highest BCUT2D eigenvalue weighted by Crippen LogP contribution is 2.24. The summed E-state index contributed by atoms with van der Waals surface area (Å²) < 4.78 is 0. The van der Waals surface area contributed by atoms with E-state index in [0.29, 0.717) is 13.1 Å². The van der Waals surface area contributed by atoms with Gasteiger partial charge in [-0.2, -0.15) is 0 Å². The molecule has 0 radical (unpaired) electrons. The van der Waals surface area contributed by atoms with Crippen LogP contribution in [0, 0.1) is 10.1 Å². The Morgan fingerprint density at radius 1 is 1.00 bits per heavy atom. The van der Waals surface area contributed by atoms with Gasteiger partial charge in [-0.05, 0) is 35.0 Å². The number of phenolic OH excluding ortho intramolecular Hbond substituents is 1. The summed E-state index contributed by atoms with van der Waals surface area (Å²) in [5, 5.41) is 28.2. The summed E-state index contributed by atoms with van der Waals surface area (Å²) in [6.07, 6.45) is 0. The van der Waals surface area contributed by atoms with Gasteiger partial charge in [-0.3, -0.25) is 14.9 Å². The van der Waals surface area contributed by atoms with Gasteiger partial charge in [0.1, 0.15) is 5.75 Å². The Morgan fingerprint density at radius 2 is 1.65 bits per heavy atom.